The molecule has 0 spiro atoms. The first-order valence-electron chi connectivity index (χ1n) is 8.02. The van der Waals surface area contributed by atoms with Gasteiger partial charge in [-0.3, -0.25) is 9.59 Å². The Hall–Kier alpha value is -1.82. The first-order chi connectivity index (χ1) is 10.7. The van der Waals surface area contributed by atoms with Crippen LogP contribution in [0.15, 0.2) is 22.8 Å². The van der Waals surface area contributed by atoms with E-state index in [1.165, 1.54) is 12.7 Å². The molecule has 1 aliphatic rings. The third-order valence-electron chi connectivity index (χ3n) is 3.88. The third-order valence-corrected chi connectivity index (χ3v) is 3.88. The molecular formula is C16H25N3O3. The quantitative estimate of drug-likeness (QED) is 0.798. The number of rotatable bonds is 7. The fourth-order valence-electron chi connectivity index (χ4n) is 2.70. The zero-order chi connectivity index (χ0) is 15.8. The van der Waals surface area contributed by atoms with Crippen molar-refractivity contribution in [3.63, 3.8) is 0 Å². The van der Waals surface area contributed by atoms with Crippen LogP contribution < -0.4 is 10.6 Å². The Kier molecular flexibility index (Phi) is 6.45. The fraction of sp³-hybridized carbons (Fsp3) is 0.625. The van der Waals surface area contributed by atoms with Crippen LogP contribution in [0, 0.1) is 0 Å². The van der Waals surface area contributed by atoms with Gasteiger partial charge in [0.2, 0.25) is 5.91 Å². The van der Waals surface area contributed by atoms with Crippen LogP contribution in [0.4, 0.5) is 0 Å². The Bertz CT molecular complexity index is 465. The summed E-state index contributed by atoms with van der Waals surface area (Å²) in [6, 6.07) is 3.52. The number of amides is 2. The van der Waals surface area contributed by atoms with Crippen molar-refractivity contribution >= 4 is 11.8 Å². The minimum absolute atomic E-state index is 0.00585. The second-order valence-corrected chi connectivity index (χ2v) is 5.67. The van der Waals surface area contributed by atoms with Crippen molar-refractivity contribution in [2.24, 2.45) is 0 Å². The van der Waals surface area contributed by atoms with E-state index in [2.05, 4.69) is 22.5 Å². The highest BCUT2D eigenvalue weighted by atomic mass is 16.3. The fourth-order valence-corrected chi connectivity index (χ4v) is 2.70. The number of nitrogens with zero attached hydrogens (tertiary/aromatic N) is 1. The summed E-state index contributed by atoms with van der Waals surface area (Å²) in [5.74, 6) is -0.0249. The number of carbonyl (C=O) groups excluding carboxylic acids is 2. The molecule has 1 saturated heterocycles. The molecule has 0 aromatic carbocycles. The molecule has 2 N–H and O–H groups in total. The van der Waals surface area contributed by atoms with Crippen LogP contribution in [0.5, 0.6) is 0 Å². The van der Waals surface area contributed by atoms with Crippen molar-refractivity contribution in [3.05, 3.63) is 24.2 Å². The molecule has 1 fully saturated rings. The maximum Gasteiger partial charge on any atom is 0.286 e. The van der Waals surface area contributed by atoms with Gasteiger partial charge in [-0.1, -0.05) is 6.92 Å². The van der Waals surface area contributed by atoms with Crippen LogP contribution in [0.25, 0.3) is 0 Å². The molecule has 1 aliphatic heterocycles. The highest BCUT2D eigenvalue weighted by molar-refractivity contribution is 5.91. The Balaban J connectivity index is 1.59. The average molecular weight is 307 g/mol. The monoisotopic (exact) mass is 307 g/mol. The summed E-state index contributed by atoms with van der Waals surface area (Å²) < 4.78 is 4.99. The van der Waals surface area contributed by atoms with Crippen molar-refractivity contribution in [1.82, 2.24) is 15.5 Å². The van der Waals surface area contributed by atoms with Gasteiger partial charge in [0.1, 0.15) is 0 Å². The number of likely N-dealkylation sites (tertiary alicyclic amines) is 1. The van der Waals surface area contributed by atoms with Crippen LogP contribution in [0.1, 0.15) is 43.2 Å². The molecule has 0 saturated carbocycles. The minimum atomic E-state index is -0.286. The Morgan fingerprint density at radius 3 is 2.77 bits per heavy atom. The number of piperidine rings is 1. The minimum Gasteiger partial charge on any atom is -0.459 e. The van der Waals surface area contributed by atoms with Crippen LogP contribution in [-0.2, 0) is 4.79 Å². The smallest absolute Gasteiger partial charge is 0.286 e. The Labute approximate surface area is 131 Å². The lowest BCUT2D eigenvalue weighted by atomic mass is 10.0. The lowest BCUT2D eigenvalue weighted by molar-refractivity contribution is -0.122. The summed E-state index contributed by atoms with van der Waals surface area (Å²) in [6.45, 7) is 5.74. The number of hydrogen-bond acceptors (Lipinski definition) is 4. The van der Waals surface area contributed by atoms with E-state index in [1.54, 1.807) is 12.1 Å². The largest absolute Gasteiger partial charge is 0.459 e. The van der Waals surface area contributed by atoms with Crippen LogP contribution >= 0.6 is 0 Å². The van der Waals surface area contributed by atoms with E-state index in [-0.39, 0.29) is 23.6 Å². The lowest BCUT2D eigenvalue weighted by Gasteiger charge is -2.32. The first-order valence-corrected chi connectivity index (χ1v) is 8.02. The van der Waals surface area contributed by atoms with Gasteiger partial charge in [0.25, 0.3) is 5.91 Å². The standard InChI is InChI=1S/C16H25N3O3/c1-2-9-19-10-6-13(7-11-19)18-15(20)5-8-17-16(21)14-4-3-12-22-14/h3-4,12-13H,2,5-11H2,1H3,(H,17,21)(H,18,20). The predicted octanol–water partition coefficient (Wildman–Crippen LogP) is 1.39. The molecule has 2 heterocycles. The van der Waals surface area contributed by atoms with Crippen molar-refractivity contribution in [1.29, 1.82) is 0 Å². The van der Waals surface area contributed by atoms with Gasteiger partial charge >= 0.3 is 0 Å². The molecule has 0 atom stereocenters. The molecule has 6 nitrogen and oxygen atoms in total. The summed E-state index contributed by atoms with van der Waals surface area (Å²) in [5.41, 5.74) is 0. The van der Waals surface area contributed by atoms with E-state index in [0.717, 1.165) is 32.5 Å². The second kappa shape index (κ2) is 8.58. The zero-order valence-corrected chi connectivity index (χ0v) is 13.1. The van der Waals surface area contributed by atoms with Gasteiger partial charge in [-0.15, -0.1) is 0 Å². The molecular weight excluding hydrogens is 282 g/mol. The molecule has 0 bridgehead atoms. The SMILES string of the molecule is CCCN1CCC(NC(=O)CCNC(=O)c2ccco2)CC1. The van der Waals surface area contributed by atoms with E-state index in [0.29, 0.717) is 13.0 Å². The highest BCUT2D eigenvalue weighted by Gasteiger charge is 2.19. The van der Waals surface area contributed by atoms with Crippen molar-refractivity contribution < 1.29 is 14.0 Å². The Morgan fingerprint density at radius 1 is 1.36 bits per heavy atom. The second-order valence-electron chi connectivity index (χ2n) is 5.67. The van der Waals surface area contributed by atoms with E-state index in [1.807, 2.05) is 0 Å². The topological polar surface area (TPSA) is 74.6 Å². The van der Waals surface area contributed by atoms with Gasteiger partial charge in [0, 0.05) is 32.1 Å². The van der Waals surface area contributed by atoms with E-state index >= 15 is 0 Å². The van der Waals surface area contributed by atoms with E-state index in [9.17, 15) is 9.59 Å². The molecule has 6 heteroatoms. The van der Waals surface area contributed by atoms with Gasteiger partial charge in [0.15, 0.2) is 5.76 Å². The van der Waals surface area contributed by atoms with Crippen LogP contribution in [0.3, 0.4) is 0 Å². The molecule has 1 aromatic heterocycles. The number of nitrogens with one attached hydrogen (secondary N) is 2. The molecule has 1 aromatic rings. The summed E-state index contributed by atoms with van der Waals surface area (Å²) in [7, 11) is 0. The van der Waals surface area contributed by atoms with Gasteiger partial charge in [-0.2, -0.15) is 0 Å². The average Bonchev–Trinajstić information content (AvgIpc) is 3.04. The number of carbonyl (C=O) groups is 2. The molecule has 22 heavy (non-hydrogen) atoms. The van der Waals surface area contributed by atoms with Crippen molar-refractivity contribution in [2.75, 3.05) is 26.2 Å². The summed E-state index contributed by atoms with van der Waals surface area (Å²) >= 11 is 0. The van der Waals surface area contributed by atoms with Gasteiger partial charge < -0.3 is 20.0 Å². The number of hydrogen-bond donors (Lipinski definition) is 2. The van der Waals surface area contributed by atoms with Gasteiger partial charge in [0.05, 0.1) is 6.26 Å². The van der Waals surface area contributed by atoms with E-state index in [4.69, 9.17) is 4.42 Å². The van der Waals surface area contributed by atoms with E-state index < -0.39 is 0 Å². The maximum absolute atomic E-state index is 11.9. The molecule has 2 rings (SSSR count). The summed E-state index contributed by atoms with van der Waals surface area (Å²) in [6.07, 6.45) is 4.93. The molecule has 2 amide bonds. The van der Waals surface area contributed by atoms with Gasteiger partial charge in [-0.25, -0.2) is 0 Å². The molecule has 0 radical (unpaired) electrons. The highest BCUT2D eigenvalue weighted by Crippen LogP contribution is 2.10. The molecule has 0 unspecified atom stereocenters. The van der Waals surface area contributed by atoms with Crippen LogP contribution in [-0.4, -0.2) is 48.9 Å². The van der Waals surface area contributed by atoms with Crippen LogP contribution in [0.2, 0.25) is 0 Å². The molecule has 0 aliphatic carbocycles. The maximum atomic E-state index is 11.9. The third kappa shape index (κ3) is 5.18. The van der Waals surface area contributed by atoms with Gasteiger partial charge in [-0.05, 0) is 37.9 Å². The summed E-state index contributed by atoms with van der Waals surface area (Å²) in [5, 5.41) is 5.72. The Morgan fingerprint density at radius 2 is 2.14 bits per heavy atom. The molecule has 122 valence electrons. The van der Waals surface area contributed by atoms with Crippen molar-refractivity contribution in [2.45, 2.75) is 38.6 Å². The zero-order valence-electron chi connectivity index (χ0n) is 13.1. The lowest BCUT2D eigenvalue weighted by Crippen LogP contribution is -2.45. The number of furan rings is 1. The normalized spacial score (nSPS) is 16.4. The van der Waals surface area contributed by atoms with Crippen molar-refractivity contribution in [3.8, 4) is 0 Å². The predicted molar refractivity (Wildman–Crippen MR) is 83.6 cm³/mol. The first kappa shape index (κ1) is 16.5. The summed E-state index contributed by atoms with van der Waals surface area (Å²) in [4.78, 5) is 26.0.